The predicted molar refractivity (Wildman–Crippen MR) is 76.7 cm³/mol. The van der Waals surface area contributed by atoms with Gasteiger partial charge in [-0.15, -0.1) is 11.3 Å². The molecule has 0 unspecified atom stereocenters. The largest absolute Gasteiger partial charge is 0.300 e. The molecular formula is C15H13NO2S. The zero-order valence-electron chi connectivity index (χ0n) is 10.6. The standard InChI is InChI=1S/C15H13NO2S/c1-3-16-9(2)19-14(15(16)18)13-11-7-5-4-6-10(11)8-12(13)17/h4-7H,2-3,8H2,1H3/b14-13-. The van der Waals surface area contributed by atoms with E-state index in [0.717, 1.165) is 11.1 Å². The van der Waals surface area contributed by atoms with Crippen molar-refractivity contribution >= 4 is 29.3 Å². The molecule has 0 aliphatic heterocycles. The fraction of sp³-hybridized carbons (Fsp3) is 0.200. The molecule has 0 saturated heterocycles. The van der Waals surface area contributed by atoms with Crippen molar-refractivity contribution in [3.05, 3.63) is 54.9 Å². The molecular weight excluding hydrogens is 258 g/mol. The van der Waals surface area contributed by atoms with Crippen LogP contribution >= 0.6 is 11.3 Å². The van der Waals surface area contributed by atoms with Crippen molar-refractivity contribution in [2.45, 2.75) is 19.9 Å². The van der Waals surface area contributed by atoms with Gasteiger partial charge >= 0.3 is 0 Å². The molecule has 0 atom stereocenters. The average molecular weight is 271 g/mol. The lowest BCUT2D eigenvalue weighted by molar-refractivity contribution is -0.112. The van der Waals surface area contributed by atoms with E-state index in [1.54, 1.807) is 4.57 Å². The number of hydrogen-bond acceptors (Lipinski definition) is 3. The number of aromatic nitrogens is 1. The summed E-state index contributed by atoms with van der Waals surface area (Å²) in [4.78, 5) is 24.5. The molecule has 0 amide bonds. The van der Waals surface area contributed by atoms with Gasteiger partial charge in [-0.1, -0.05) is 30.8 Å². The molecule has 1 aromatic carbocycles. The van der Waals surface area contributed by atoms with Crippen LogP contribution in [0, 0.1) is 0 Å². The molecule has 3 rings (SSSR count). The van der Waals surface area contributed by atoms with E-state index < -0.39 is 0 Å². The van der Waals surface area contributed by atoms with Gasteiger partial charge in [-0.05, 0) is 18.1 Å². The number of fused-ring (bicyclic) bond motifs is 1. The van der Waals surface area contributed by atoms with Crippen LogP contribution in [-0.4, -0.2) is 10.4 Å². The molecule has 0 saturated carbocycles. The van der Waals surface area contributed by atoms with E-state index in [-0.39, 0.29) is 11.3 Å². The van der Waals surface area contributed by atoms with Crippen molar-refractivity contribution in [3.8, 4) is 0 Å². The first-order chi connectivity index (χ1) is 9.13. The van der Waals surface area contributed by atoms with Crippen LogP contribution in [0.3, 0.4) is 0 Å². The van der Waals surface area contributed by atoms with Gasteiger partial charge in [-0.2, -0.15) is 0 Å². The zero-order chi connectivity index (χ0) is 13.6. The van der Waals surface area contributed by atoms with Gasteiger partial charge in [0.05, 0.1) is 4.66 Å². The smallest absolute Gasteiger partial charge is 0.269 e. The van der Waals surface area contributed by atoms with E-state index in [9.17, 15) is 9.59 Å². The summed E-state index contributed by atoms with van der Waals surface area (Å²) >= 11 is 1.31. The van der Waals surface area contributed by atoms with E-state index in [2.05, 4.69) is 6.58 Å². The normalized spacial score (nSPS) is 16.8. The molecule has 1 aliphatic rings. The van der Waals surface area contributed by atoms with Gasteiger partial charge in [0.1, 0.15) is 4.53 Å². The van der Waals surface area contributed by atoms with Gasteiger partial charge in [0.15, 0.2) is 5.78 Å². The van der Waals surface area contributed by atoms with Gasteiger partial charge in [-0.3, -0.25) is 14.2 Å². The molecule has 1 heterocycles. The quantitative estimate of drug-likeness (QED) is 0.764. The van der Waals surface area contributed by atoms with Gasteiger partial charge in [0, 0.05) is 18.5 Å². The second-order valence-corrected chi connectivity index (χ2v) is 5.59. The Morgan fingerprint density at radius 2 is 2.05 bits per heavy atom. The van der Waals surface area contributed by atoms with Crippen LogP contribution in [0.25, 0.3) is 12.2 Å². The van der Waals surface area contributed by atoms with Crippen LogP contribution in [0.1, 0.15) is 18.1 Å². The maximum absolute atomic E-state index is 12.3. The number of rotatable bonds is 1. The highest BCUT2D eigenvalue weighted by atomic mass is 32.1. The molecule has 0 N–H and O–H groups in total. The van der Waals surface area contributed by atoms with Gasteiger partial charge < -0.3 is 0 Å². The maximum Gasteiger partial charge on any atom is 0.269 e. The molecule has 96 valence electrons. The number of nitrogens with zero attached hydrogens (tertiary/aromatic N) is 1. The van der Waals surface area contributed by atoms with Gasteiger partial charge in [0.2, 0.25) is 0 Å². The fourth-order valence-corrected chi connectivity index (χ4v) is 3.59. The lowest BCUT2D eigenvalue weighted by Crippen LogP contribution is -2.32. The summed E-state index contributed by atoms with van der Waals surface area (Å²) in [6.07, 6.45) is 0.390. The van der Waals surface area contributed by atoms with E-state index in [1.807, 2.05) is 31.2 Å². The highest BCUT2D eigenvalue weighted by Gasteiger charge is 2.26. The Bertz CT molecular complexity index is 842. The topological polar surface area (TPSA) is 39.1 Å². The average Bonchev–Trinajstić information content (AvgIpc) is 2.85. The zero-order valence-corrected chi connectivity index (χ0v) is 11.4. The predicted octanol–water partition coefficient (Wildman–Crippen LogP) is 0.664. The number of thiazole rings is 1. The van der Waals surface area contributed by atoms with Crippen LogP contribution in [0.15, 0.2) is 29.1 Å². The third-order valence-electron chi connectivity index (χ3n) is 3.42. The summed E-state index contributed by atoms with van der Waals surface area (Å²) in [5, 5.41) is 0. The summed E-state index contributed by atoms with van der Waals surface area (Å²) in [6, 6.07) is 7.67. The number of carbonyl (C=O) groups excluding carboxylic acids is 1. The highest BCUT2D eigenvalue weighted by molar-refractivity contribution is 7.07. The first-order valence-corrected chi connectivity index (χ1v) is 6.99. The van der Waals surface area contributed by atoms with Gasteiger partial charge in [-0.25, -0.2) is 0 Å². The first kappa shape index (κ1) is 12.1. The van der Waals surface area contributed by atoms with Crippen molar-refractivity contribution in [3.63, 3.8) is 0 Å². The molecule has 19 heavy (non-hydrogen) atoms. The Kier molecular flexibility index (Phi) is 2.75. The summed E-state index contributed by atoms with van der Waals surface area (Å²) < 4.78 is 2.84. The van der Waals surface area contributed by atoms with Crippen LogP contribution in [0.4, 0.5) is 0 Å². The number of benzene rings is 1. The number of hydrogen-bond donors (Lipinski definition) is 0. The van der Waals surface area contributed by atoms with Crippen molar-refractivity contribution in [2.24, 2.45) is 0 Å². The monoisotopic (exact) mass is 271 g/mol. The molecule has 1 aromatic heterocycles. The lowest BCUT2D eigenvalue weighted by Gasteiger charge is -1.96. The van der Waals surface area contributed by atoms with Crippen LogP contribution in [0.2, 0.25) is 0 Å². The third kappa shape index (κ3) is 1.71. The molecule has 3 nitrogen and oxygen atoms in total. The molecule has 4 heteroatoms. The van der Waals surface area contributed by atoms with E-state index >= 15 is 0 Å². The summed E-state index contributed by atoms with van der Waals surface area (Å²) in [6.45, 7) is 6.37. The molecule has 0 radical (unpaired) electrons. The number of carbonyl (C=O) groups is 1. The first-order valence-electron chi connectivity index (χ1n) is 6.18. The van der Waals surface area contributed by atoms with Crippen molar-refractivity contribution < 1.29 is 4.79 Å². The highest BCUT2D eigenvalue weighted by Crippen LogP contribution is 2.26. The number of Topliss-reactive ketones (excluding diaryl/α,β-unsaturated/α-hetero) is 1. The van der Waals surface area contributed by atoms with Gasteiger partial charge in [0.25, 0.3) is 5.56 Å². The lowest BCUT2D eigenvalue weighted by atomic mass is 10.1. The second-order valence-electron chi connectivity index (χ2n) is 4.51. The Labute approximate surface area is 114 Å². The van der Waals surface area contributed by atoms with Crippen molar-refractivity contribution in [1.82, 2.24) is 4.57 Å². The molecule has 0 fully saturated rings. The fourth-order valence-electron chi connectivity index (χ4n) is 2.51. The molecule has 0 spiro atoms. The Morgan fingerprint density at radius 3 is 2.74 bits per heavy atom. The Hall–Kier alpha value is -1.94. The molecule has 0 bridgehead atoms. The van der Waals surface area contributed by atoms with Crippen LogP contribution in [-0.2, 0) is 17.8 Å². The van der Waals surface area contributed by atoms with E-state index in [0.29, 0.717) is 27.7 Å². The van der Waals surface area contributed by atoms with E-state index in [4.69, 9.17) is 0 Å². The van der Waals surface area contributed by atoms with Crippen molar-refractivity contribution in [2.75, 3.05) is 0 Å². The number of ketones is 1. The van der Waals surface area contributed by atoms with Crippen LogP contribution < -0.4 is 14.8 Å². The SMILES string of the molecule is C=c1s/c(=C2\C(=O)Cc3ccccc32)c(=O)n1CC. The van der Waals surface area contributed by atoms with E-state index in [1.165, 1.54) is 11.3 Å². The third-order valence-corrected chi connectivity index (χ3v) is 4.46. The van der Waals surface area contributed by atoms with Crippen molar-refractivity contribution in [1.29, 1.82) is 0 Å². The second kappa shape index (κ2) is 4.31. The molecule has 2 aromatic rings. The van der Waals surface area contributed by atoms with Crippen LogP contribution in [0.5, 0.6) is 0 Å². The minimum absolute atomic E-state index is 0.0304. The minimum atomic E-state index is -0.0995. The summed E-state index contributed by atoms with van der Waals surface area (Å²) in [5.41, 5.74) is 2.37. The Balaban J connectivity index is 2.45. The maximum atomic E-state index is 12.3. The molecule has 1 aliphatic carbocycles. The summed E-state index contributed by atoms with van der Waals surface area (Å²) in [7, 11) is 0. The Morgan fingerprint density at radius 1 is 1.32 bits per heavy atom. The summed E-state index contributed by atoms with van der Waals surface area (Å²) in [5.74, 6) is 0.0304. The minimum Gasteiger partial charge on any atom is -0.300 e.